The van der Waals surface area contributed by atoms with Crippen molar-refractivity contribution in [2.24, 2.45) is 5.92 Å². The summed E-state index contributed by atoms with van der Waals surface area (Å²) in [5, 5.41) is 5.76. The summed E-state index contributed by atoms with van der Waals surface area (Å²) in [5.74, 6) is 1.31. The number of ether oxygens (including phenoxy) is 3. The highest BCUT2D eigenvalue weighted by Crippen LogP contribution is 2.34. The molecule has 166 valence electrons. The summed E-state index contributed by atoms with van der Waals surface area (Å²) >= 11 is 0. The monoisotopic (exact) mass is 426 g/mol. The lowest BCUT2D eigenvalue weighted by atomic mass is 9.95. The third-order valence-electron chi connectivity index (χ3n) is 4.65. The normalized spacial score (nSPS) is 14.0. The van der Waals surface area contributed by atoms with Gasteiger partial charge in [0.1, 0.15) is 18.8 Å². The molecule has 0 radical (unpaired) electrons. The highest BCUT2D eigenvalue weighted by molar-refractivity contribution is 5.96. The molecule has 0 fully saturated rings. The van der Waals surface area contributed by atoms with E-state index < -0.39 is 11.7 Å². The predicted octanol–water partition coefficient (Wildman–Crippen LogP) is 4.93. The number of carbonyl (C=O) groups is 2. The van der Waals surface area contributed by atoms with Crippen LogP contribution in [0, 0.1) is 5.92 Å². The van der Waals surface area contributed by atoms with E-state index in [0.717, 1.165) is 5.56 Å². The third kappa shape index (κ3) is 6.13. The van der Waals surface area contributed by atoms with Gasteiger partial charge in [-0.1, -0.05) is 26.0 Å². The van der Waals surface area contributed by atoms with E-state index in [0.29, 0.717) is 36.0 Å². The van der Waals surface area contributed by atoms with Crippen LogP contribution in [0.5, 0.6) is 11.5 Å². The molecule has 1 aliphatic heterocycles. The first-order valence-electron chi connectivity index (χ1n) is 10.4. The van der Waals surface area contributed by atoms with Crippen molar-refractivity contribution in [3.8, 4) is 11.5 Å². The van der Waals surface area contributed by atoms with Crippen molar-refractivity contribution in [1.29, 1.82) is 0 Å². The third-order valence-corrected chi connectivity index (χ3v) is 4.65. The fourth-order valence-electron chi connectivity index (χ4n) is 3.27. The second-order valence-corrected chi connectivity index (χ2v) is 8.81. The molecule has 2 amide bonds. The van der Waals surface area contributed by atoms with E-state index in [1.165, 1.54) is 0 Å². The van der Waals surface area contributed by atoms with Gasteiger partial charge in [0.05, 0.1) is 6.04 Å². The maximum absolute atomic E-state index is 13.0. The lowest BCUT2D eigenvalue weighted by Gasteiger charge is -2.25. The molecule has 0 spiro atoms. The van der Waals surface area contributed by atoms with Crippen LogP contribution in [-0.2, 0) is 4.74 Å². The Kier molecular flexibility index (Phi) is 6.73. The van der Waals surface area contributed by atoms with Crippen molar-refractivity contribution in [3.63, 3.8) is 0 Å². The SMILES string of the molecule is CC(C)[C@H](NC(=O)c1cccc(NC(=O)OC(C)(C)C)c1)c1ccc2c(c1)OCCO2. The van der Waals surface area contributed by atoms with Gasteiger partial charge in [-0.05, 0) is 62.6 Å². The summed E-state index contributed by atoms with van der Waals surface area (Å²) in [6.07, 6.45) is -0.568. The van der Waals surface area contributed by atoms with Gasteiger partial charge in [-0.3, -0.25) is 10.1 Å². The van der Waals surface area contributed by atoms with Gasteiger partial charge in [-0.25, -0.2) is 4.79 Å². The maximum atomic E-state index is 13.0. The average molecular weight is 427 g/mol. The standard InChI is InChI=1S/C24H30N2O5/c1-15(2)21(16-9-10-19-20(14-16)30-12-11-29-19)26-22(27)17-7-6-8-18(13-17)25-23(28)31-24(3,4)5/h6-10,13-15,21H,11-12H2,1-5H3,(H,25,28)(H,26,27)/t21-/m0/s1. The number of nitrogens with one attached hydrogen (secondary N) is 2. The summed E-state index contributed by atoms with van der Waals surface area (Å²) in [4.78, 5) is 25.0. The van der Waals surface area contributed by atoms with Gasteiger partial charge in [0, 0.05) is 11.3 Å². The molecule has 0 bridgehead atoms. The summed E-state index contributed by atoms with van der Waals surface area (Å²) in [6.45, 7) is 10.5. The largest absolute Gasteiger partial charge is 0.486 e. The quantitative estimate of drug-likeness (QED) is 0.708. The number of anilines is 1. The number of hydrogen-bond donors (Lipinski definition) is 2. The maximum Gasteiger partial charge on any atom is 0.412 e. The number of fused-ring (bicyclic) bond motifs is 1. The Labute approximate surface area is 183 Å². The Morgan fingerprint density at radius 2 is 1.71 bits per heavy atom. The lowest BCUT2D eigenvalue weighted by molar-refractivity contribution is 0.0635. The molecule has 0 aromatic heterocycles. The van der Waals surface area contributed by atoms with Crippen molar-refractivity contribution >= 4 is 17.7 Å². The summed E-state index contributed by atoms with van der Waals surface area (Å²) in [6, 6.07) is 12.3. The molecule has 1 aliphatic rings. The minimum Gasteiger partial charge on any atom is -0.486 e. The molecule has 0 unspecified atom stereocenters. The van der Waals surface area contributed by atoms with Gasteiger partial charge in [-0.15, -0.1) is 0 Å². The molecule has 31 heavy (non-hydrogen) atoms. The van der Waals surface area contributed by atoms with Crippen LogP contribution in [0.1, 0.15) is 56.6 Å². The van der Waals surface area contributed by atoms with E-state index in [2.05, 4.69) is 10.6 Å². The zero-order valence-corrected chi connectivity index (χ0v) is 18.7. The van der Waals surface area contributed by atoms with E-state index in [4.69, 9.17) is 14.2 Å². The van der Waals surface area contributed by atoms with E-state index in [9.17, 15) is 9.59 Å². The molecule has 0 aliphatic carbocycles. The zero-order chi connectivity index (χ0) is 22.6. The second kappa shape index (κ2) is 9.29. The minimum atomic E-state index is -0.604. The summed E-state index contributed by atoms with van der Waals surface area (Å²) in [7, 11) is 0. The highest BCUT2D eigenvalue weighted by atomic mass is 16.6. The first-order valence-corrected chi connectivity index (χ1v) is 10.4. The van der Waals surface area contributed by atoms with Crippen molar-refractivity contribution in [2.75, 3.05) is 18.5 Å². The molecule has 3 rings (SSSR count). The molecule has 2 aromatic carbocycles. The molecule has 1 atom stereocenters. The number of hydrogen-bond acceptors (Lipinski definition) is 5. The molecular weight excluding hydrogens is 396 g/mol. The lowest BCUT2D eigenvalue weighted by Crippen LogP contribution is -2.32. The van der Waals surface area contributed by atoms with Gasteiger partial charge in [-0.2, -0.15) is 0 Å². The Balaban J connectivity index is 1.73. The van der Waals surface area contributed by atoms with Gasteiger partial charge in [0.15, 0.2) is 11.5 Å². The molecule has 1 heterocycles. The van der Waals surface area contributed by atoms with Crippen LogP contribution in [-0.4, -0.2) is 30.8 Å². The zero-order valence-electron chi connectivity index (χ0n) is 18.7. The number of benzene rings is 2. The van der Waals surface area contributed by atoms with E-state index in [-0.39, 0.29) is 17.9 Å². The van der Waals surface area contributed by atoms with Crippen molar-refractivity contribution in [2.45, 2.75) is 46.3 Å². The summed E-state index contributed by atoms with van der Waals surface area (Å²) < 4.78 is 16.5. The molecule has 7 nitrogen and oxygen atoms in total. The second-order valence-electron chi connectivity index (χ2n) is 8.81. The van der Waals surface area contributed by atoms with Crippen LogP contribution in [0.25, 0.3) is 0 Å². The van der Waals surface area contributed by atoms with Crippen LogP contribution in [0.3, 0.4) is 0 Å². The van der Waals surface area contributed by atoms with Crippen LogP contribution in [0.4, 0.5) is 10.5 Å². The van der Waals surface area contributed by atoms with Crippen molar-refractivity contribution in [3.05, 3.63) is 53.6 Å². The van der Waals surface area contributed by atoms with E-state index in [1.54, 1.807) is 45.0 Å². The molecule has 2 aromatic rings. The highest BCUT2D eigenvalue weighted by Gasteiger charge is 2.22. The Bertz CT molecular complexity index is 949. The number of carbonyl (C=O) groups excluding carboxylic acids is 2. The Morgan fingerprint density at radius 3 is 2.39 bits per heavy atom. The van der Waals surface area contributed by atoms with Crippen LogP contribution >= 0.6 is 0 Å². The van der Waals surface area contributed by atoms with Crippen LogP contribution < -0.4 is 20.1 Å². The van der Waals surface area contributed by atoms with E-state index in [1.807, 2.05) is 32.0 Å². The molecule has 0 saturated heterocycles. The number of rotatable bonds is 5. The van der Waals surface area contributed by atoms with Crippen LogP contribution in [0.2, 0.25) is 0 Å². The fraction of sp³-hybridized carbons (Fsp3) is 0.417. The van der Waals surface area contributed by atoms with Gasteiger partial charge in [0.2, 0.25) is 0 Å². The van der Waals surface area contributed by atoms with Crippen LogP contribution in [0.15, 0.2) is 42.5 Å². The smallest absolute Gasteiger partial charge is 0.412 e. The first-order chi connectivity index (χ1) is 14.6. The molecule has 0 saturated carbocycles. The summed E-state index contributed by atoms with van der Waals surface area (Å²) in [5.41, 5.74) is 1.27. The van der Waals surface area contributed by atoms with Crippen molar-refractivity contribution < 1.29 is 23.8 Å². The van der Waals surface area contributed by atoms with Gasteiger partial charge < -0.3 is 19.5 Å². The Morgan fingerprint density at radius 1 is 1.00 bits per heavy atom. The van der Waals surface area contributed by atoms with Gasteiger partial charge >= 0.3 is 6.09 Å². The first kappa shape index (κ1) is 22.5. The van der Waals surface area contributed by atoms with E-state index >= 15 is 0 Å². The molecular formula is C24H30N2O5. The topological polar surface area (TPSA) is 85.9 Å². The van der Waals surface area contributed by atoms with Crippen molar-refractivity contribution in [1.82, 2.24) is 5.32 Å². The van der Waals surface area contributed by atoms with Gasteiger partial charge in [0.25, 0.3) is 5.91 Å². The predicted molar refractivity (Wildman–Crippen MR) is 119 cm³/mol. The molecule has 7 heteroatoms. The fourth-order valence-corrected chi connectivity index (χ4v) is 3.27. The average Bonchev–Trinajstić information content (AvgIpc) is 2.70. The Hall–Kier alpha value is -3.22. The number of amides is 2. The minimum absolute atomic E-state index is 0.148. The molecule has 2 N–H and O–H groups in total.